The molecule has 19 heavy (non-hydrogen) atoms. The van der Waals surface area contributed by atoms with Crippen LogP contribution in [0, 0.1) is 0 Å². The topological polar surface area (TPSA) is 71.8 Å². The van der Waals surface area contributed by atoms with Crippen molar-refractivity contribution in [2.45, 2.75) is 0 Å². The number of hydrogen-bond donors (Lipinski definition) is 2. The summed E-state index contributed by atoms with van der Waals surface area (Å²) in [7, 11) is 0. The van der Waals surface area contributed by atoms with Crippen LogP contribution in [-0.4, -0.2) is 33.2 Å². The van der Waals surface area contributed by atoms with Crippen molar-refractivity contribution in [2.75, 3.05) is 17.7 Å². The number of nitrogens with one attached hydrogen (secondary N) is 2. The number of urea groups is 1. The molecule has 0 spiro atoms. The van der Waals surface area contributed by atoms with E-state index >= 15 is 0 Å². The van der Waals surface area contributed by atoms with Crippen molar-refractivity contribution in [1.29, 1.82) is 0 Å². The molecule has 0 saturated heterocycles. The third-order valence-electron chi connectivity index (χ3n) is 2.21. The SMILES string of the molecule is O=C(NCCCl)Nc1cn(-c2cccnc2)nc1Cl. The number of halogens is 2. The average molecular weight is 300 g/mol. The first-order valence-electron chi connectivity index (χ1n) is 5.47. The second kappa shape index (κ2) is 6.40. The summed E-state index contributed by atoms with van der Waals surface area (Å²) in [5.74, 6) is 0.343. The van der Waals surface area contributed by atoms with E-state index in [1.165, 1.54) is 4.68 Å². The highest BCUT2D eigenvalue weighted by atomic mass is 35.5. The van der Waals surface area contributed by atoms with Crippen LogP contribution in [0.15, 0.2) is 30.7 Å². The number of alkyl halides is 1. The van der Waals surface area contributed by atoms with Crippen LogP contribution in [0.1, 0.15) is 0 Å². The molecule has 2 heterocycles. The first-order valence-corrected chi connectivity index (χ1v) is 6.38. The van der Waals surface area contributed by atoms with Gasteiger partial charge in [-0.05, 0) is 12.1 Å². The first-order chi connectivity index (χ1) is 9.20. The Kier molecular flexibility index (Phi) is 4.59. The molecule has 2 amide bonds. The Morgan fingerprint density at radius 1 is 1.47 bits per heavy atom. The Bertz CT molecular complexity index is 557. The predicted octanol–water partition coefficient (Wildman–Crippen LogP) is 2.28. The fourth-order valence-electron chi connectivity index (χ4n) is 1.39. The second-order valence-corrected chi connectivity index (χ2v) is 4.30. The molecule has 2 aromatic rings. The summed E-state index contributed by atoms with van der Waals surface area (Å²) in [6.45, 7) is 0.377. The standard InChI is InChI=1S/C11H11Cl2N5O/c12-3-5-15-11(19)16-9-7-18(17-10(9)13)8-2-1-4-14-6-8/h1-2,4,6-7H,3,5H2,(H2,15,16,19). The summed E-state index contributed by atoms with van der Waals surface area (Å²) in [5.41, 5.74) is 1.16. The van der Waals surface area contributed by atoms with Gasteiger partial charge in [0.1, 0.15) is 5.69 Å². The van der Waals surface area contributed by atoms with Crippen molar-refractivity contribution in [3.8, 4) is 5.69 Å². The molecule has 2 rings (SSSR count). The molecule has 2 aromatic heterocycles. The lowest BCUT2D eigenvalue weighted by Crippen LogP contribution is -2.30. The number of aromatic nitrogens is 3. The van der Waals surface area contributed by atoms with E-state index in [-0.39, 0.29) is 11.2 Å². The van der Waals surface area contributed by atoms with Gasteiger partial charge in [-0.3, -0.25) is 4.98 Å². The predicted molar refractivity (Wildman–Crippen MR) is 74.1 cm³/mol. The molecule has 0 bridgehead atoms. The zero-order chi connectivity index (χ0) is 13.7. The molecule has 0 atom stereocenters. The van der Waals surface area contributed by atoms with Crippen LogP contribution in [-0.2, 0) is 0 Å². The molecule has 8 heteroatoms. The maximum Gasteiger partial charge on any atom is 0.319 e. The number of nitrogens with zero attached hydrogens (tertiary/aromatic N) is 3. The third-order valence-corrected chi connectivity index (χ3v) is 2.68. The molecule has 0 fully saturated rings. The van der Waals surface area contributed by atoms with Crippen LogP contribution in [0.5, 0.6) is 0 Å². The number of pyridine rings is 1. The van der Waals surface area contributed by atoms with Crippen LogP contribution in [0.4, 0.5) is 10.5 Å². The van der Waals surface area contributed by atoms with E-state index in [1.54, 1.807) is 24.7 Å². The zero-order valence-corrected chi connectivity index (χ0v) is 11.3. The highest BCUT2D eigenvalue weighted by molar-refractivity contribution is 6.32. The summed E-state index contributed by atoms with van der Waals surface area (Å²) >= 11 is 11.4. The van der Waals surface area contributed by atoms with E-state index in [0.29, 0.717) is 18.1 Å². The number of carbonyl (C=O) groups excluding carboxylic acids is 1. The molecule has 0 unspecified atom stereocenters. The maximum absolute atomic E-state index is 11.5. The van der Waals surface area contributed by atoms with Crippen LogP contribution in [0.25, 0.3) is 5.69 Å². The van der Waals surface area contributed by atoms with E-state index < -0.39 is 0 Å². The number of carbonyl (C=O) groups is 1. The van der Waals surface area contributed by atoms with E-state index in [4.69, 9.17) is 23.2 Å². The minimum Gasteiger partial charge on any atom is -0.337 e. The molecular formula is C11H11Cl2N5O. The Balaban J connectivity index is 2.11. The normalized spacial score (nSPS) is 10.2. The molecule has 100 valence electrons. The van der Waals surface area contributed by atoms with E-state index in [0.717, 1.165) is 5.69 Å². The Morgan fingerprint density at radius 3 is 3.00 bits per heavy atom. The lowest BCUT2D eigenvalue weighted by atomic mass is 10.4. The second-order valence-electron chi connectivity index (χ2n) is 3.56. The first kappa shape index (κ1) is 13.6. The van der Waals surface area contributed by atoms with Crippen molar-refractivity contribution >= 4 is 34.9 Å². The van der Waals surface area contributed by atoms with Gasteiger partial charge in [-0.15, -0.1) is 11.6 Å². The van der Waals surface area contributed by atoms with Gasteiger partial charge in [-0.25, -0.2) is 9.48 Å². The number of amides is 2. The van der Waals surface area contributed by atoms with Crippen molar-refractivity contribution in [1.82, 2.24) is 20.1 Å². The highest BCUT2D eigenvalue weighted by Crippen LogP contribution is 2.21. The smallest absolute Gasteiger partial charge is 0.319 e. The molecule has 0 aliphatic heterocycles. The molecule has 6 nitrogen and oxygen atoms in total. The Labute approximate surface area is 119 Å². The Morgan fingerprint density at radius 2 is 2.32 bits per heavy atom. The molecule has 0 aliphatic rings. The van der Waals surface area contributed by atoms with Gasteiger partial charge >= 0.3 is 6.03 Å². The lowest BCUT2D eigenvalue weighted by Gasteiger charge is -2.03. The van der Waals surface area contributed by atoms with E-state index in [1.807, 2.05) is 6.07 Å². The molecule has 2 N–H and O–H groups in total. The largest absolute Gasteiger partial charge is 0.337 e. The fraction of sp³-hybridized carbons (Fsp3) is 0.182. The zero-order valence-electron chi connectivity index (χ0n) is 9.81. The minimum atomic E-state index is -0.381. The van der Waals surface area contributed by atoms with E-state index in [2.05, 4.69) is 20.7 Å². The maximum atomic E-state index is 11.5. The third kappa shape index (κ3) is 3.59. The van der Waals surface area contributed by atoms with Gasteiger partial charge in [0.2, 0.25) is 0 Å². The van der Waals surface area contributed by atoms with Gasteiger partial charge in [0.15, 0.2) is 5.15 Å². The monoisotopic (exact) mass is 299 g/mol. The molecule has 0 aromatic carbocycles. The Hall–Kier alpha value is -1.79. The molecule has 0 radical (unpaired) electrons. The van der Waals surface area contributed by atoms with Gasteiger partial charge in [-0.1, -0.05) is 11.6 Å². The van der Waals surface area contributed by atoms with Gasteiger partial charge in [0, 0.05) is 18.6 Å². The number of anilines is 1. The summed E-state index contributed by atoms with van der Waals surface area (Å²) in [5, 5.41) is 9.44. The number of rotatable bonds is 4. The van der Waals surface area contributed by atoms with Gasteiger partial charge in [0.25, 0.3) is 0 Å². The average Bonchev–Trinajstić information content (AvgIpc) is 2.79. The van der Waals surface area contributed by atoms with Crippen molar-refractivity contribution in [3.05, 3.63) is 35.9 Å². The van der Waals surface area contributed by atoms with Gasteiger partial charge in [0.05, 0.1) is 18.1 Å². The summed E-state index contributed by atoms with van der Waals surface area (Å²) < 4.78 is 1.53. The van der Waals surface area contributed by atoms with Gasteiger partial charge in [-0.2, -0.15) is 5.10 Å². The van der Waals surface area contributed by atoms with Crippen molar-refractivity contribution in [2.24, 2.45) is 0 Å². The quantitative estimate of drug-likeness (QED) is 0.851. The van der Waals surface area contributed by atoms with Gasteiger partial charge < -0.3 is 10.6 Å². The number of hydrogen-bond acceptors (Lipinski definition) is 3. The molecule has 0 aliphatic carbocycles. The van der Waals surface area contributed by atoms with Crippen LogP contribution in [0.2, 0.25) is 5.15 Å². The summed E-state index contributed by atoms with van der Waals surface area (Å²) in [6, 6.07) is 3.23. The highest BCUT2D eigenvalue weighted by Gasteiger charge is 2.10. The lowest BCUT2D eigenvalue weighted by molar-refractivity contribution is 0.252. The molecular weight excluding hydrogens is 289 g/mol. The minimum absolute atomic E-state index is 0.199. The fourth-order valence-corrected chi connectivity index (χ4v) is 1.66. The van der Waals surface area contributed by atoms with Crippen molar-refractivity contribution in [3.63, 3.8) is 0 Å². The summed E-state index contributed by atoms with van der Waals surface area (Å²) in [4.78, 5) is 15.5. The van der Waals surface area contributed by atoms with E-state index in [9.17, 15) is 4.79 Å². The van der Waals surface area contributed by atoms with Crippen LogP contribution in [0.3, 0.4) is 0 Å². The van der Waals surface area contributed by atoms with Crippen LogP contribution >= 0.6 is 23.2 Å². The van der Waals surface area contributed by atoms with Crippen molar-refractivity contribution < 1.29 is 4.79 Å². The molecule has 0 saturated carbocycles. The summed E-state index contributed by atoms with van der Waals surface area (Å²) in [6.07, 6.45) is 4.91. The van der Waals surface area contributed by atoms with Crippen LogP contribution < -0.4 is 10.6 Å².